The number of likely N-dealkylation sites (tertiary alicyclic amines) is 1. The summed E-state index contributed by atoms with van der Waals surface area (Å²) in [6.07, 6.45) is 8.22. The van der Waals surface area contributed by atoms with Crippen LogP contribution in [0.15, 0.2) is 67.3 Å². The zero-order chi connectivity index (χ0) is 30.1. The maximum atomic E-state index is 13.5. The quantitative estimate of drug-likeness (QED) is 0.140. The third kappa shape index (κ3) is 7.88. The fourth-order valence-electron chi connectivity index (χ4n) is 7.06. The highest BCUT2D eigenvalue weighted by molar-refractivity contribution is 5.76. The van der Waals surface area contributed by atoms with Crippen molar-refractivity contribution in [3.05, 3.63) is 78.4 Å². The second-order valence-electron chi connectivity index (χ2n) is 12.0. The Morgan fingerprint density at radius 2 is 1.83 bits per heavy atom. The Bertz CT molecular complexity index is 1230. The van der Waals surface area contributed by atoms with Crippen molar-refractivity contribution in [3.63, 3.8) is 0 Å². The molecule has 2 aromatic rings. The Morgan fingerprint density at radius 1 is 1.05 bits per heavy atom. The first-order chi connectivity index (χ1) is 20.2. The van der Waals surface area contributed by atoms with Gasteiger partial charge in [-0.1, -0.05) is 55.0 Å². The van der Waals surface area contributed by atoms with Crippen molar-refractivity contribution in [1.29, 1.82) is 0 Å². The van der Waals surface area contributed by atoms with E-state index in [0.717, 1.165) is 63.7 Å². The van der Waals surface area contributed by atoms with Crippen molar-refractivity contribution in [2.45, 2.75) is 82.8 Å². The van der Waals surface area contributed by atoms with Gasteiger partial charge in [0, 0.05) is 64.2 Å². The van der Waals surface area contributed by atoms with E-state index in [-0.39, 0.29) is 41.3 Å². The van der Waals surface area contributed by atoms with Crippen molar-refractivity contribution >= 4 is 17.8 Å². The third-order valence-corrected chi connectivity index (χ3v) is 9.11. The molecule has 0 radical (unpaired) electrons. The zero-order valence-electron chi connectivity index (χ0n) is 25.4. The number of ether oxygens (including phenoxy) is 2. The summed E-state index contributed by atoms with van der Waals surface area (Å²) in [6.45, 7) is 9.17. The molecule has 0 spiro atoms. The van der Waals surface area contributed by atoms with Crippen LogP contribution in [-0.4, -0.2) is 66.5 Å². The zero-order valence-corrected chi connectivity index (χ0v) is 25.4. The number of nitrogens with zero attached hydrogens (tertiary/aromatic N) is 2. The molecule has 1 aliphatic heterocycles. The Morgan fingerprint density at radius 3 is 2.55 bits per heavy atom. The van der Waals surface area contributed by atoms with E-state index in [9.17, 15) is 14.4 Å². The lowest BCUT2D eigenvalue weighted by Crippen LogP contribution is -2.61. The van der Waals surface area contributed by atoms with E-state index in [1.807, 2.05) is 36.2 Å². The molecular formula is C35H46N2O5. The van der Waals surface area contributed by atoms with Gasteiger partial charge in [0.15, 0.2) is 0 Å². The van der Waals surface area contributed by atoms with Crippen molar-refractivity contribution in [2.24, 2.45) is 5.92 Å². The molecule has 0 aromatic heterocycles. The molecule has 1 amide bonds. The molecule has 4 unspecified atom stereocenters. The van der Waals surface area contributed by atoms with E-state index in [0.29, 0.717) is 18.6 Å². The highest BCUT2D eigenvalue weighted by atomic mass is 16.5. The molecule has 1 aliphatic carbocycles. The van der Waals surface area contributed by atoms with E-state index in [1.54, 1.807) is 6.07 Å². The summed E-state index contributed by atoms with van der Waals surface area (Å²) < 4.78 is 11.5. The van der Waals surface area contributed by atoms with E-state index in [4.69, 9.17) is 9.47 Å². The molecule has 7 nitrogen and oxygen atoms in total. The van der Waals surface area contributed by atoms with Gasteiger partial charge in [0.1, 0.15) is 11.9 Å². The average molecular weight is 575 g/mol. The van der Waals surface area contributed by atoms with Crippen LogP contribution in [0.3, 0.4) is 0 Å². The number of piperidine rings is 1. The number of esters is 2. The largest absolute Gasteiger partial charge is 0.462 e. The summed E-state index contributed by atoms with van der Waals surface area (Å²) in [7, 11) is 1.90. The van der Waals surface area contributed by atoms with Gasteiger partial charge in [0.25, 0.3) is 0 Å². The number of carbonyl (C=O) groups excluding carboxylic acids is 3. The molecule has 4 atom stereocenters. The third-order valence-electron chi connectivity index (χ3n) is 9.11. The molecular weight excluding hydrogens is 528 g/mol. The van der Waals surface area contributed by atoms with E-state index in [2.05, 4.69) is 41.8 Å². The monoisotopic (exact) mass is 574 g/mol. The molecule has 1 saturated carbocycles. The van der Waals surface area contributed by atoms with Gasteiger partial charge < -0.3 is 14.4 Å². The maximum Gasteiger partial charge on any atom is 0.308 e. The van der Waals surface area contributed by atoms with Gasteiger partial charge in [-0.3, -0.25) is 19.3 Å². The minimum atomic E-state index is -0.365. The Hall–Kier alpha value is -3.45. The summed E-state index contributed by atoms with van der Waals surface area (Å²) in [5, 5.41) is 0. The number of hydrogen-bond acceptors (Lipinski definition) is 6. The van der Waals surface area contributed by atoms with Gasteiger partial charge >= 0.3 is 11.9 Å². The van der Waals surface area contributed by atoms with Crippen molar-refractivity contribution in [1.82, 2.24) is 9.80 Å². The molecule has 1 heterocycles. The van der Waals surface area contributed by atoms with Gasteiger partial charge in [-0.05, 0) is 61.9 Å². The molecule has 226 valence electrons. The smallest absolute Gasteiger partial charge is 0.308 e. The lowest BCUT2D eigenvalue weighted by atomic mass is 9.56. The first-order valence-electron chi connectivity index (χ1n) is 15.3. The standard InChI is InChI=1S/C35H46N2O5/c1-5-20-37-21-19-35(29-16-12-17-31(22-29)41-26(2)38)24-30(23-33(32(35)25-37)42-27(3)39)36(4)34(40)18-11-7-10-15-28-13-8-6-9-14-28/h5-6,8-9,12-14,16-17,22,30,32-33H,1,7,10-11,15,18-21,23-25H2,2-4H3. The molecule has 42 heavy (non-hydrogen) atoms. The van der Waals surface area contributed by atoms with Crippen molar-refractivity contribution in [3.8, 4) is 5.75 Å². The van der Waals surface area contributed by atoms with Crippen LogP contribution in [0, 0.1) is 5.92 Å². The minimum absolute atomic E-state index is 0.0282. The number of unbranched alkanes of at least 4 members (excludes halogenated alkanes) is 2. The Kier molecular flexibility index (Phi) is 11.0. The van der Waals surface area contributed by atoms with E-state index in [1.165, 1.54) is 19.4 Å². The molecule has 2 fully saturated rings. The second kappa shape index (κ2) is 14.6. The predicted molar refractivity (Wildman–Crippen MR) is 164 cm³/mol. The van der Waals surface area contributed by atoms with Gasteiger partial charge in [0.2, 0.25) is 5.91 Å². The summed E-state index contributed by atoms with van der Waals surface area (Å²) in [6, 6.07) is 18.1. The Labute approximate surface area is 250 Å². The van der Waals surface area contributed by atoms with Crippen LogP contribution >= 0.6 is 0 Å². The number of fused-ring (bicyclic) bond motifs is 1. The van der Waals surface area contributed by atoms with Crippen molar-refractivity contribution in [2.75, 3.05) is 26.7 Å². The fourth-order valence-corrected chi connectivity index (χ4v) is 7.06. The number of carbonyl (C=O) groups is 3. The normalized spacial score (nSPS) is 23.8. The van der Waals surface area contributed by atoms with Gasteiger partial charge in [0.05, 0.1) is 0 Å². The predicted octanol–water partition coefficient (Wildman–Crippen LogP) is 5.71. The molecule has 0 N–H and O–H groups in total. The highest BCUT2D eigenvalue weighted by Crippen LogP contribution is 2.51. The number of aryl methyl sites for hydroxylation is 1. The maximum absolute atomic E-state index is 13.5. The lowest BCUT2D eigenvalue weighted by Gasteiger charge is -2.56. The topological polar surface area (TPSA) is 76.2 Å². The Balaban J connectivity index is 1.53. The second-order valence-corrected chi connectivity index (χ2v) is 12.0. The van der Waals surface area contributed by atoms with E-state index >= 15 is 0 Å². The molecule has 0 bridgehead atoms. The fraction of sp³-hybridized carbons (Fsp3) is 0.514. The SMILES string of the molecule is C=CCN1CCC2(c3cccc(OC(C)=O)c3)CC(N(C)C(=O)CCCCCc3ccccc3)CC(OC(C)=O)C2C1. The van der Waals surface area contributed by atoms with Crippen LogP contribution < -0.4 is 4.74 Å². The van der Waals surface area contributed by atoms with Crippen molar-refractivity contribution < 1.29 is 23.9 Å². The molecule has 1 saturated heterocycles. The lowest BCUT2D eigenvalue weighted by molar-refractivity contribution is -0.160. The molecule has 4 rings (SSSR count). The summed E-state index contributed by atoms with van der Waals surface area (Å²) in [5.41, 5.74) is 2.05. The van der Waals surface area contributed by atoms with Gasteiger partial charge in [-0.15, -0.1) is 6.58 Å². The van der Waals surface area contributed by atoms with Gasteiger partial charge in [-0.2, -0.15) is 0 Å². The number of rotatable bonds is 12. The van der Waals surface area contributed by atoms with Crippen LogP contribution in [0.25, 0.3) is 0 Å². The summed E-state index contributed by atoms with van der Waals surface area (Å²) in [5.74, 6) is -0.00679. The average Bonchev–Trinajstić information content (AvgIpc) is 2.97. The van der Waals surface area contributed by atoms with Crippen LogP contribution in [0.5, 0.6) is 5.75 Å². The number of benzene rings is 2. The molecule has 2 aromatic carbocycles. The van der Waals surface area contributed by atoms with Gasteiger partial charge in [-0.25, -0.2) is 0 Å². The van der Waals surface area contributed by atoms with Crippen LogP contribution in [-0.2, 0) is 31.0 Å². The minimum Gasteiger partial charge on any atom is -0.462 e. The number of hydrogen-bond donors (Lipinski definition) is 0. The van der Waals surface area contributed by atoms with Crippen LogP contribution in [0.2, 0.25) is 0 Å². The van der Waals surface area contributed by atoms with E-state index < -0.39 is 0 Å². The molecule has 2 aliphatic rings. The first kappa shape index (κ1) is 31.5. The van der Waals surface area contributed by atoms with Crippen LogP contribution in [0.1, 0.15) is 69.9 Å². The molecule has 7 heteroatoms. The van der Waals surface area contributed by atoms with Crippen LogP contribution in [0.4, 0.5) is 0 Å². The summed E-state index contributed by atoms with van der Waals surface area (Å²) in [4.78, 5) is 41.8. The highest BCUT2D eigenvalue weighted by Gasteiger charge is 2.54. The summed E-state index contributed by atoms with van der Waals surface area (Å²) >= 11 is 0. The number of amides is 1. The first-order valence-corrected chi connectivity index (χ1v) is 15.3.